The minimum atomic E-state index is -2.93. The maximum atomic E-state index is 11.1. The van der Waals surface area contributed by atoms with Gasteiger partial charge in [0.05, 0.1) is 0 Å². The number of benzene rings is 1. The van der Waals surface area contributed by atoms with Gasteiger partial charge in [0.25, 0.3) is 0 Å². The minimum Gasteiger partial charge on any atom is -0.271 e. The summed E-state index contributed by atoms with van der Waals surface area (Å²) >= 11 is 6.16. The van der Waals surface area contributed by atoms with Crippen LogP contribution in [0.4, 0.5) is 0 Å². The highest BCUT2D eigenvalue weighted by molar-refractivity contribution is 7.90. The number of hydrogen-bond acceptors (Lipinski definition) is 4. The van der Waals surface area contributed by atoms with Gasteiger partial charge in [-0.05, 0) is 37.0 Å². The fraction of sp³-hybridized carbons (Fsp3) is 0.500. The summed E-state index contributed by atoms with van der Waals surface area (Å²) in [5.74, 6) is 5.66. The Kier molecular flexibility index (Phi) is 5.59. The standard InChI is InChI=1S/C12H19ClN2O2S/c1-9-5-6-10(11(13)8-9)12(15-14)4-3-7-18(2,16)17/h5-6,8,12,15H,3-4,7,14H2,1-2H3. The molecule has 0 aliphatic carbocycles. The molecule has 0 saturated carbocycles. The normalized spacial score (nSPS) is 13.6. The van der Waals surface area contributed by atoms with Crippen molar-refractivity contribution in [2.45, 2.75) is 25.8 Å². The van der Waals surface area contributed by atoms with E-state index in [1.165, 1.54) is 6.26 Å². The van der Waals surface area contributed by atoms with Crippen LogP contribution in [-0.2, 0) is 9.84 Å². The van der Waals surface area contributed by atoms with Gasteiger partial charge in [-0.2, -0.15) is 0 Å². The SMILES string of the molecule is Cc1ccc(C(CCCS(C)(=O)=O)NN)c(Cl)c1. The third kappa shape index (κ3) is 4.94. The van der Waals surface area contributed by atoms with Crippen LogP contribution in [-0.4, -0.2) is 20.4 Å². The van der Waals surface area contributed by atoms with Crippen molar-refractivity contribution in [3.63, 3.8) is 0 Å². The lowest BCUT2D eigenvalue weighted by atomic mass is 10.0. The van der Waals surface area contributed by atoms with Gasteiger partial charge in [0, 0.05) is 23.1 Å². The highest BCUT2D eigenvalue weighted by Gasteiger charge is 2.14. The van der Waals surface area contributed by atoms with Crippen LogP contribution in [0, 0.1) is 6.92 Å². The van der Waals surface area contributed by atoms with Crippen molar-refractivity contribution >= 4 is 21.4 Å². The Morgan fingerprint density at radius 3 is 2.61 bits per heavy atom. The number of sulfone groups is 1. The van der Waals surface area contributed by atoms with Crippen LogP contribution in [0.5, 0.6) is 0 Å². The number of rotatable bonds is 6. The Balaban J connectivity index is 2.71. The second-order valence-electron chi connectivity index (χ2n) is 4.52. The Labute approximate surface area is 113 Å². The van der Waals surface area contributed by atoms with Crippen LogP contribution >= 0.6 is 11.6 Å². The molecule has 6 heteroatoms. The molecule has 102 valence electrons. The number of aryl methyl sites for hydroxylation is 1. The summed E-state index contributed by atoms with van der Waals surface area (Å²) in [7, 11) is -2.93. The van der Waals surface area contributed by atoms with E-state index in [4.69, 9.17) is 17.4 Å². The molecule has 1 aromatic carbocycles. The molecule has 0 spiro atoms. The van der Waals surface area contributed by atoms with Crippen molar-refractivity contribution in [3.8, 4) is 0 Å². The third-order valence-electron chi connectivity index (χ3n) is 2.74. The number of nitrogens with two attached hydrogens (primary N) is 1. The Hall–Kier alpha value is -0.620. The smallest absolute Gasteiger partial charge is 0.147 e. The van der Waals surface area contributed by atoms with E-state index in [0.29, 0.717) is 17.9 Å². The van der Waals surface area contributed by atoms with E-state index in [9.17, 15) is 8.42 Å². The molecule has 0 aliphatic rings. The quantitative estimate of drug-likeness (QED) is 0.621. The molecule has 0 aliphatic heterocycles. The molecule has 4 nitrogen and oxygen atoms in total. The van der Waals surface area contributed by atoms with Crippen LogP contribution in [0.2, 0.25) is 5.02 Å². The first kappa shape index (κ1) is 15.4. The lowest BCUT2D eigenvalue weighted by molar-refractivity contribution is 0.508. The van der Waals surface area contributed by atoms with Crippen molar-refractivity contribution in [3.05, 3.63) is 34.3 Å². The van der Waals surface area contributed by atoms with E-state index in [1.54, 1.807) is 0 Å². The molecule has 3 N–H and O–H groups in total. The van der Waals surface area contributed by atoms with Crippen molar-refractivity contribution < 1.29 is 8.42 Å². The predicted molar refractivity (Wildman–Crippen MR) is 75.2 cm³/mol. The van der Waals surface area contributed by atoms with Crippen molar-refractivity contribution in [2.75, 3.05) is 12.0 Å². The summed E-state index contributed by atoms with van der Waals surface area (Å²) in [6, 6.07) is 5.63. The van der Waals surface area contributed by atoms with Crippen LogP contribution in [0.15, 0.2) is 18.2 Å². The van der Waals surface area contributed by atoms with E-state index in [-0.39, 0.29) is 11.8 Å². The van der Waals surface area contributed by atoms with E-state index >= 15 is 0 Å². The molecule has 18 heavy (non-hydrogen) atoms. The molecule has 0 fully saturated rings. The topological polar surface area (TPSA) is 72.2 Å². The molecule has 0 saturated heterocycles. The van der Waals surface area contributed by atoms with E-state index in [2.05, 4.69) is 5.43 Å². The fourth-order valence-corrected chi connectivity index (χ4v) is 2.85. The zero-order valence-corrected chi connectivity index (χ0v) is 12.2. The van der Waals surface area contributed by atoms with Crippen molar-refractivity contribution in [1.29, 1.82) is 0 Å². The molecular weight excluding hydrogens is 272 g/mol. The highest BCUT2D eigenvalue weighted by atomic mass is 35.5. The average molecular weight is 291 g/mol. The Morgan fingerprint density at radius 1 is 1.44 bits per heavy atom. The first-order valence-electron chi connectivity index (χ1n) is 5.73. The zero-order chi connectivity index (χ0) is 13.8. The third-order valence-corrected chi connectivity index (χ3v) is 4.10. The summed E-state index contributed by atoms with van der Waals surface area (Å²) in [5, 5.41) is 0.650. The number of halogens is 1. The van der Waals surface area contributed by atoms with Gasteiger partial charge in [0.15, 0.2) is 0 Å². The number of nitrogens with one attached hydrogen (secondary N) is 1. The van der Waals surface area contributed by atoms with Crippen molar-refractivity contribution in [2.24, 2.45) is 5.84 Å². The van der Waals surface area contributed by atoms with Gasteiger partial charge in [-0.3, -0.25) is 11.3 Å². The Morgan fingerprint density at radius 2 is 2.11 bits per heavy atom. The lowest BCUT2D eigenvalue weighted by Gasteiger charge is -2.17. The van der Waals surface area contributed by atoms with Gasteiger partial charge in [-0.15, -0.1) is 0 Å². The number of hydrazine groups is 1. The zero-order valence-electron chi connectivity index (χ0n) is 10.6. The first-order valence-corrected chi connectivity index (χ1v) is 8.17. The second kappa shape index (κ2) is 6.52. The van der Waals surface area contributed by atoms with Gasteiger partial charge in [-0.25, -0.2) is 8.42 Å². The fourth-order valence-electron chi connectivity index (χ4n) is 1.79. The average Bonchev–Trinajstić information content (AvgIpc) is 2.24. The van der Waals surface area contributed by atoms with Crippen LogP contribution < -0.4 is 11.3 Å². The van der Waals surface area contributed by atoms with Gasteiger partial charge in [0.2, 0.25) is 0 Å². The van der Waals surface area contributed by atoms with Gasteiger partial charge < -0.3 is 0 Å². The van der Waals surface area contributed by atoms with Crippen LogP contribution in [0.25, 0.3) is 0 Å². The Bertz CT molecular complexity index is 503. The molecule has 0 heterocycles. The molecule has 0 aromatic heterocycles. The molecule has 1 atom stereocenters. The summed E-state index contributed by atoms with van der Waals surface area (Å²) < 4.78 is 22.1. The summed E-state index contributed by atoms with van der Waals surface area (Å²) in [5.41, 5.74) is 4.67. The summed E-state index contributed by atoms with van der Waals surface area (Å²) in [6.45, 7) is 1.96. The maximum absolute atomic E-state index is 11.1. The second-order valence-corrected chi connectivity index (χ2v) is 7.18. The lowest BCUT2D eigenvalue weighted by Crippen LogP contribution is -2.28. The molecule has 0 amide bonds. The predicted octanol–water partition coefficient (Wildman–Crippen LogP) is 1.98. The van der Waals surface area contributed by atoms with Crippen LogP contribution in [0.3, 0.4) is 0 Å². The van der Waals surface area contributed by atoms with Crippen molar-refractivity contribution in [1.82, 2.24) is 5.43 Å². The largest absolute Gasteiger partial charge is 0.271 e. The molecule has 0 bridgehead atoms. The van der Waals surface area contributed by atoms with E-state index < -0.39 is 9.84 Å². The monoisotopic (exact) mass is 290 g/mol. The molecule has 0 radical (unpaired) electrons. The first-order chi connectivity index (χ1) is 8.33. The molecule has 1 unspecified atom stereocenters. The summed E-state index contributed by atoms with van der Waals surface area (Å²) in [4.78, 5) is 0. The van der Waals surface area contributed by atoms with Gasteiger partial charge >= 0.3 is 0 Å². The number of hydrogen-bond donors (Lipinski definition) is 2. The molecule has 1 rings (SSSR count). The van der Waals surface area contributed by atoms with Gasteiger partial charge in [-0.1, -0.05) is 23.7 Å². The maximum Gasteiger partial charge on any atom is 0.147 e. The molecule has 1 aromatic rings. The van der Waals surface area contributed by atoms with E-state index in [1.807, 2.05) is 25.1 Å². The minimum absolute atomic E-state index is 0.125. The molecular formula is C12H19ClN2O2S. The summed E-state index contributed by atoms with van der Waals surface area (Å²) in [6.07, 6.45) is 2.42. The van der Waals surface area contributed by atoms with E-state index in [0.717, 1.165) is 11.1 Å². The van der Waals surface area contributed by atoms with Gasteiger partial charge in [0.1, 0.15) is 9.84 Å². The van der Waals surface area contributed by atoms with Crippen LogP contribution in [0.1, 0.15) is 30.0 Å². The highest BCUT2D eigenvalue weighted by Crippen LogP contribution is 2.26.